The molecule has 0 aliphatic carbocycles. The fourth-order valence-electron chi connectivity index (χ4n) is 2.92. The van der Waals surface area contributed by atoms with E-state index in [1.807, 2.05) is 61.5 Å². The fraction of sp³-hybridized carbons (Fsp3) is 0.250. The first-order chi connectivity index (χ1) is 14.2. The molecule has 3 rings (SSSR count). The van der Waals surface area contributed by atoms with Gasteiger partial charge in [-0.15, -0.1) is 0 Å². The molecular weight excluding hydrogens is 386 g/mol. The minimum atomic E-state index is 0.398. The molecule has 3 aromatic rings. The lowest BCUT2D eigenvalue weighted by atomic mass is 10.1. The predicted molar refractivity (Wildman–Crippen MR) is 117 cm³/mol. The molecule has 0 aliphatic heterocycles. The van der Waals surface area contributed by atoms with Crippen molar-refractivity contribution in [1.82, 2.24) is 5.32 Å². The first-order valence-electron chi connectivity index (χ1n) is 9.65. The van der Waals surface area contributed by atoms with Gasteiger partial charge in [-0.05, 0) is 48.4 Å². The van der Waals surface area contributed by atoms with E-state index in [2.05, 4.69) is 17.4 Å². The van der Waals surface area contributed by atoms with Gasteiger partial charge in [0.1, 0.15) is 12.4 Å². The predicted octanol–water partition coefficient (Wildman–Crippen LogP) is 5.62. The molecule has 29 heavy (non-hydrogen) atoms. The highest BCUT2D eigenvalue weighted by Gasteiger charge is 2.08. The average molecular weight is 412 g/mol. The summed E-state index contributed by atoms with van der Waals surface area (Å²) in [5, 5.41) is 4.15. The molecule has 0 heterocycles. The Bertz CT molecular complexity index is 912. The van der Waals surface area contributed by atoms with Gasteiger partial charge >= 0.3 is 0 Å². The van der Waals surface area contributed by atoms with Crippen molar-refractivity contribution in [3.63, 3.8) is 0 Å². The van der Waals surface area contributed by atoms with Crippen LogP contribution in [0.3, 0.4) is 0 Å². The third-order valence-electron chi connectivity index (χ3n) is 4.47. The molecule has 0 amide bonds. The Labute approximate surface area is 177 Å². The van der Waals surface area contributed by atoms with Crippen LogP contribution < -0.4 is 19.5 Å². The topological polar surface area (TPSA) is 39.7 Å². The molecule has 0 atom stereocenters. The van der Waals surface area contributed by atoms with Gasteiger partial charge in [-0.3, -0.25) is 0 Å². The van der Waals surface area contributed by atoms with E-state index in [-0.39, 0.29) is 0 Å². The van der Waals surface area contributed by atoms with E-state index in [0.717, 1.165) is 35.7 Å². The molecule has 5 heteroatoms. The van der Waals surface area contributed by atoms with Crippen molar-refractivity contribution in [3.8, 4) is 17.2 Å². The smallest absolute Gasteiger partial charge is 0.161 e. The summed E-state index contributed by atoms with van der Waals surface area (Å²) < 4.78 is 16.9. The summed E-state index contributed by atoms with van der Waals surface area (Å²) in [7, 11) is 1.67. The summed E-state index contributed by atoms with van der Waals surface area (Å²) in [4.78, 5) is 0. The third-order valence-corrected chi connectivity index (χ3v) is 4.84. The van der Waals surface area contributed by atoms with Crippen LogP contribution in [-0.2, 0) is 19.7 Å². The number of rotatable bonds is 10. The Morgan fingerprint density at radius 2 is 1.55 bits per heavy atom. The van der Waals surface area contributed by atoms with E-state index >= 15 is 0 Å². The van der Waals surface area contributed by atoms with E-state index in [4.69, 9.17) is 25.8 Å². The second kappa shape index (κ2) is 10.7. The average Bonchev–Trinajstić information content (AvgIpc) is 2.75. The van der Waals surface area contributed by atoms with Gasteiger partial charge in [0, 0.05) is 23.7 Å². The van der Waals surface area contributed by atoms with E-state index in [9.17, 15) is 0 Å². The largest absolute Gasteiger partial charge is 0.497 e. The minimum Gasteiger partial charge on any atom is -0.497 e. The number of halogens is 1. The van der Waals surface area contributed by atoms with Gasteiger partial charge in [-0.25, -0.2) is 0 Å². The molecule has 3 aromatic carbocycles. The SMILES string of the molecule is CCOc1cc(CNCc2ccc(OC)cc2)ccc1OCc1ccccc1Cl. The standard InChI is InChI=1S/C24H26ClNO3/c1-3-28-24-14-19(16-26-15-18-8-11-21(27-2)12-9-18)10-13-23(24)29-17-20-6-4-5-7-22(20)25/h4-14,26H,3,15-17H2,1-2H3. The number of benzene rings is 3. The fourth-order valence-corrected chi connectivity index (χ4v) is 3.11. The van der Waals surface area contributed by atoms with Gasteiger partial charge in [-0.1, -0.05) is 48.0 Å². The summed E-state index contributed by atoms with van der Waals surface area (Å²) in [6.07, 6.45) is 0. The van der Waals surface area contributed by atoms with Crippen molar-refractivity contribution < 1.29 is 14.2 Å². The maximum Gasteiger partial charge on any atom is 0.161 e. The van der Waals surface area contributed by atoms with E-state index in [0.29, 0.717) is 24.0 Å². The van der Waals surface area contributed by atoms with Crippen LogP contribution >= 0.6 is 11.6 Å². The quantitative estimate of drug-likeness (QED) is 0.470. The molecule has 0 aromatic heterocycles. The van der Waals surface area contributed by atoms with Crippen molar-refractivity contribution in [2.75, 3.05) is 13.7 Å². The first kappa shape index (κ1) is 21.0. The normalized spacial score (nSPS) is 10.6. The van der Waals surface area contributed by atoms with Crippen LogP contribution in [0.15, 0.2) is 66.7 Å². The first-order valence-corrected chi connectivity index (χ1v) is 10.0. The van der Waals surface area contributed by atoms with Crippen LogP contribution in [0.5, 0.6) is 17.2 Å². The molecule has 0 fully saturated rings. The summed E-state index contributed by atoms with van der Waals surface area (Å²) in [6, 6.07) is 21.7. The van der Waals surface area contributed by atoms with Crippen molar-refractivity contribution in [1.29, 1.82) is 0 Å². The Kier molecular flexibility index (Phi) is 7.79. The molecule has 0 saturated heterocycles. The Balaban J connectivity index is 1.59. The Morgan fingerprint density at radius 3 is 2.28 bits per heavy atom. The molecule has 4 nitrogen and oxygen atoms in total. The van der Waals surface area contributed by atoms with Crippen LogP contribution in [0.25, 0.3) is 0 Å². The second-order valence-electron chi connectivity index (χ2n) is 6.55. The zero-order valence-corrected chi connectivity index (χ0v) is 17.5. The summed E-state index contributed by atoms with van der Waals surface area (Å²) in [5.41, 5.74) is 3.28. The lowest BCUT2D eigenvalue weighted by Gasteiger charge is -2.14. The van der Waals surface area contributed by atoms with Crippen LogP contribution in [0.2, 0.25) is 5.02 Å². The number of hydrogen-bond donors (Lipinski definition) is 1. The lowest BCUT2D eigenvalue weighted by molar-refractivity contribution is 0.269. The van der Waals surface area contributed by atoms with Crippen molar-refractivity contribution >= 4 is 11.6 Å². The van der Waals surface area contributed by atoms with Crippen LogP contribution in [0.1, 0.15) is 23.6 Å². The second-order valence-corrected chi connectivity index (χ2v) is 6.95. The zero-order valence-electron chi connectivity index (χ0n) is 16.8. The molecular formula is C24H26ClNO3. The van der Waals surface area contributed by atoms with Crippen LogP contribution in [0, 0.1) is 0 Å². The summed E-state index contributed by atoms with van der Waals surface area (Å²) >= 11 is 6.21. The maximum atomic E-state index is 6.21. The number of methoxy groups -OCH3 is 1. The van der Waals surface area contributed by atoms with Gasteiger partial charge < -0.3 is 19.5 Å². The minimum absolute atomic E-state index is 0.398. The molecule has 0 spiro atoms. The molecule has 0 bridgehead atoms. The van der Waals surface area contributed by atoms with E-state index in [1.165, 1.54) is 5.56 Å². The van der Waals surface area contributed by atoms with Gasteiger partial charge in [0.05, 0.1) is 13.7 Å². The highest BCUT2D eigenvalue weighted by atomic mass is 35.5. The third kappa shape index (κ3) is 6.14. The van der Waals surface area contributed by atoms with Gasteiger partial charge in [-0.2, -0.15) is 0 Å². The Morgan fingerprint density at radius 1 is 0.828 bits per heavy atom. The van der Waals surface area contributed by atoms with Crippen LogP contribution in [-0.4, -0.2) is 13.7 Å². The van der Waals surface area contributed by atoms with E-state index in [1.54, 1.807) is 7.11 Å². The monoisotopic (exact) mass is 411 g/mol. The van der Waals surface area contributed by atoms with Gasteiger partial charge in [0.15, 0.2) is 11.5 Å². The lowest BCUT2D eigenvalue weighted by Crippen LogP contribution is -2.13. The Hall–Kier alpha value is -2.69. The number of hydrogen-bond acceptors (Lipinski definition) is 4. The number of nitrogens with one attached hydrogen (secondary N) is 1. The van der Waals surface area contributed by atoms with Gasteiger partial charge in [0.25, 0.3) is 0 Å². The van der Waals surface area contributed by atoms with Crippen molar-refractivity contribution in [2.45, 2.75) is 26.6 Å². The molecule has 0 saturated carbocycles. The highest BCUT2D eigenvalue weighted by Crippen LogP contribution is 2.30. The molecule has 0 aliphatic rings. The highest BCUT2D eigenvalue weighted by molar-refractivity contribution is 6.31. The maximum absolute atomic E-state index is 6.21. The molecule has 0 radical (unpaired) electrons. The molecule has 0 unspecified atom stereocenters. The van der Waals surface area contributed by atoms with Crippen molar-refractivity contribution in [2.24, 2.45) is 0 Å². The summed E-state index contributed by atoms with van der Waals surface area (Å²) in [5.74, 6) is 2.32. The van der Waals surface area contributed by atoms with Crippen molar-refractivity contribution in [3.05, 3.63) is 88.4 Å². The van der Waals surface area contributed by atoms with Crippen LogP contribution in [0.4, 0.5) is 0 Å². The van der Waals surface area contributed by atoms with E-state index < -0.39 is 0 Å². The van der Waals surface area contributed by atoms with Gasteiger partial charge in [0.2, 0.25) is 0 Å². The molecule has 1 N–H and O–H groups in total. The zero-order chi connectivity index (χ0) is 20.5. The number of ether oxygens (including phenoxy) is 3. The molecule has 152 valence electrons. The summed E-state index contributed by atoms with van der Waals surface area (Å²) in [6.45, 7) is 4.45.